The zero-order valence-corrected chi connectivity index (χ0v) is 10.9. The van der Waals surface area contributed by atoms with Crippen molar-refractivity contribution < 1.29 is 19.5 Å². The van der Waals surface area contributed by atoms with Crippen LogP contribution in [0.3, 0.4) is 0 Å². The van der Waals surface area contributed by atoms with Crippen LogP contribution < -0.4 is 0 Å². The maximum atomic E-state index is 11.6. The van der Waals surface area contributed by atoms with Gasteiger partial charge in [-0.2, -0.15) is 0 Å². The van der Waals surface area contributed by atoms with Gasteiger partial charge in [-0.3, -0.25) is 0 Å². The highest BCUT2D eigenvalue weighted by Gasteiger charge is 2.45. The van der Waals surface area contributed by atoms with Gasteiger partial charge in [-0.05, 0) is 26.7 Å². The van der Waals surface area contributed by atoms with Gasteiger partial charge in [0, 0.05) is 19.5 Å². The molecule has 6 nitrogen and oxygen atoms in total. The Labute approximate surface area is 107 Å². The van der Waals surface area contributed by atoms with E-state index >= 15 is 0 Å². The quantitative estimate of drug-likeness (QED) is 0.571. The molecule has 1 amide bonds. The topological polar surface area (TPSA) is 71.4 Å². The highest BCUT2D eigenvalue weighted by Crippen LogP contribution is 2.37. The number of piperidine rings is 1. The SMILES string of the molecule is CCOC(=O)N1CCC2(CC1)CC(=NO)C(C)O2. The fraction of sp³-hybridized carbons (Fsp3) is 0.833. The zero-order valence-electron chi connectivity index (χ0n) is 10.9. The van der Waals surface area contributed by atoms with E-state index in [1.165, 1.54) is 0 Å². The lowest BCUT2D eigenvalue weighted by Gasteiger charge is -2.37. The Hall–Kier alpha value is -1.30. The molecule has 2 aliphatic rings. The summed E-state index contributed by atoms with van der Waals surface area (Å²) >= 11 is 0. The average molecular weight is 256 g/mol. The van der Waals surface area contributed by atoms with E-state index in [2.05, 4.69) is 5.16 Å². The summed E-state index contributed by atoms with van der Waals surface area (Å²) in [6.07, 6.45) is 1.78. The van der Waals surface area contributed by atoms with Gasteiger partial charge in [-0.25, -0.2) is 4.79 Å². The number of rotatable bonds is 1. The van der Waals surface area contributed by atoms with Crippen LogP contribution in [0.15, 0.2) is 5.16 Å². The molecule has 0 radical (unpaired) electrons. The number of amides is 1. The van der Waals surface area contributed by atoms with E-state index in [0.29, 0.717) is 31.8 Å². The molecule has 18 heavy (non-hydrogen) atoms. The molecule has 2 saturated heterocycles. The van der Waals surface area contributed by atoms with E-state index in [9.17, 15) is 4.79 Å². The molecule has 2 heterocycles. The van der Waals surface area contributed by atoms with Crippen LogP contribution in [-0.2, 0) is 9.47 Å². The van der Waals surface area contributed by atoms with Crippen LogP contribution in [0.25, 0.3) is 0 Å². The predicted octanol–water partition coefficient (Wildman–Crippen LogP) is 1.62. The van der Waals surface area contributed by atoms with Gasteiger partial charge >= 0.3 is 6.09 Å². The molecule has 0 aromatic heterocycles. The second-order valence-electron chi connectivity index (χ2n) is 4.90. The van der Waals surface area contributed by atoms with Gasteiger partial charge in [0.15, 0.2) is 0 Å². The van der Waals surface area contributed by atoms with E-state index in [4.69, 9.17) is 14.7 Å². The van der Waals surface area contributed by atoms with Gasteiger partial charge in [0.05, 0.1) is 24.0 Å². The molecule has 2 rings (SSSR count). The largest absolute Gasteiger partial charge is 0.450 e. The molecule has 6 heteroatoms. The highest BCUT2D eigenvalue weighted by molar-refractivity contribution is 5.90. The Morgan fingerprint density at radius 3 is 2.78 bits per heavy atom. The zero-order chi connectivity index (χ0) is 13.2. The first-order valence-corrected chi connectivity index (χ1v) is 6.40. The third-order valence-electron chi connectivity index (χ3n) is 3.73. The Kier molecular flexibility index (Phi) is 3.75. The van der Waals surface area contributed by atoms with Gasteiger partial charge in [0.25, 0.3) is 0 Å². The molecule has 102 valence electrons. The summed E-state index contributed by atoms with van der Waals surface area (Å²) in [5.74, 6) is 0. The molecule has 1 spiro atoms. The molecule has 0 bridgehead atoms. The standard InChI is InChI=1S/C12H20N2O4/c1-3-17-11(15)14-6-4-12(5-7-14)8-10(13-16)9(2)18-12/h9,16H,3-8H2,1-2H3. The highest BCUT2D eigenvalue weighted by atomic mass is 16.6. The van der Waals surface area contributed by atoms with Crippen LogP contribution in [-0.4, -0.2) is 53.3 Å². The minimum atomic E-state index is -0.260. The summed E-state index contributed by atoms with van der Waals surface area (Å²) in [6, 6.07) is 0. The number of hydrogen-bond acceptors (Lipinski definition) is 5. The van der Waals surface area contributed by atoms with Gasteiger partial charge in [-0.15, -0.1) is 0 Å². The fourth-order valence-electron chi connectivity index (χ4n) is 2.68. The van der Waals surface area contributed by atoms with Crippen molar-refractivity contribution in [2.75, 3.05) is 19.7 Å². The lowest BCUT2D eigenvalue weighted by atomic mass is 9.88. The summed E-state index contributed by atoms with van der Waals surface area (Å²) in [5, 5.41) is 12.2. The molecular formula is C12H20N2O4. The molecule has 0 saturated carbocycles. The number of carbonyl (C=O) groups excluding carboxylic acids is 1. The first kappa shape index (κ1) is 13.1. The van der Waals surface area contributed by atoms with Crippen molar-refractivity contribution in [1.29, 1.82) is 0 Å². The fourth-order valence-corrected chi connectivity index (χ4v) is 2.68. The Morgan fingerprint density at radius 1 is 1.61 bits per heavy atom. The molecule has 1 N–H and O–H groups in total. The van der Waals surface area contributed by atoms with Crippen molar-refractivity contribution in [3.63, 3.8) is 0 Å². The molecular weight excluding hydrogens is 236 g/mol. The number of hydrogen-bond donors (Lipinski definition) is 1. The van der Waals surface area contributed by atoms with Gasteiger partial charge in [0.2, 0.25) is 0 Å². The monoisotopic (exact) mass is 256 g/mol. The van der Waals surface area contributed by atoms with Crippen molar-refractivity contribution >= 4 is 11.8 Å². The van der Waals surface area contributed by atoms with E-state index in [1.807, 2.05) is 6.92 Å². The van der Waals surface area contributed by atoms with Crippen molar-refractivity contribution in [2.45, 2.75) is 44.8 Å². The number of nitrogens with zero attached hydrogens (tertiary/aromatic N) is 2. The van der Waals surface area contributed by atoms with Crippen molar-refractivity contribution in [3.05, 3.63) is 0 Å². The normalized spacial score (nSPS) is 28.9. The van der Waals surface area contributed by atoms with Crippen molar-refractivity contribution in [3.8, 4) is 0 Å². The smallest absolute Gasteiger partial charge is 0.409 e. The minimum absolute atomic E-state index is 0.135. The van der Waals surface area contributed by atoms with Crippen LogP contribution >= 0.6 is 0 Å². The maximum Gasteiger partial charge on any atom is 0.409 e. The van der Waals surface area contributed by atoms with E-state index in [1.54, 1.807) is 11.8 Å². The second kappa shape index (κ2) is 5.14. The number of ether oxygens (including phenoxy) is 2. The average Bonchev–Trinajstić information content (AvgIpc) is 2.67. The number of carbonyl (C=O) groups is 1. The van der Waals surface area contributed by atoms with E-state index in [0.717, 1.165) is 12.8 Å². The minimum Gasteiger partial charge on any atom is -0.450 e. The van der Waals surface area contributed by atoms with Gasteiger partial charge in [0.1, 0.15) is 0 Å². The summed E-state index contributed by atoms with van der Waals surface area (Å²) in [7, 11) is 0. The Bertz CT molecular complexity index is 348. The predicted molar refractivity (Wildman–Crippen MR) is 64.9 cm³/mol. The Balaban J connectivity index is 1.93. The third-order valence-corrected chi connectivity index (χ3v) is 3.73. The van der Waals surface area contributed by atoms with Crippen LogP contribution in [0.1, 0.15) is 33.1 Å². The van der Waals surface area contributed by atoms with Gasteiger partial charge < -0.3 is 19.6 Å². The molecule has 2 aliphatic heterocycles. The molecule has 2 fully saturated rings. The molecule has 0 aromatic carbocycles. The van der Waals surface area contributed by atoms with E-state index in [-0.39, 0.29) is 17.8 Å². The van der Waals surface area contributed by atoms with Crippen LogP contribution in [0.4, 0.5) is 4.79 Å². The lowest BCUT2D eigenvalue weighted by Crippen LogP contribution is -2.46. The number of likely N-dealkylation sites (tertiary alicyclic amines) is 1. The van der Waals surface area contributed by atoms with Crippen LogP contribution in [0.5, 0.6) is 0 Å². The molecule has 1 atom stereocenters. The molecule has 0 aromatic rings. The summed E-state index contributed by atoms with van der Waals surface area (Å²) in [6.45, 7) is 5.35. The molecule has 1 unspecified atom stereocenters. The first-order chi connectivity index (χ1) is 8.60. The maximum absolute atomic E-state index is 11.6. The van der Waals surface area contributed by atoms with Crippen LogP contribution in [0.2, 0.25) is 0 Å². The van der Waals surface area contributed by atoms with E-state index < -0.39 is 0 Å². The Morgan fingerprint density at radius 2 is 2.28 bits per heavy atom. The lowest BCUT2D eigenvalue weighted by molar-refractivity contribution is -0.0666. The van der Waals surface area contributed by atoms with Gasteiger partial charge in [-0.1, -0.05) is 5.16 Å². The summed E-state index contributed by atoms with van der Waals surface area (Å²) in [4.78, 5) is 13.3. The summed E-state index contributed by atoms with van der Waals surface area (Å²) in [5.41, 5.74) is 0.434. The van der Waals surface area contributed by atoms with Crippen LogP contribution in [0, 0.1) is 0 Å². The first-order valence-electron chi connectivity index (χ1n) is 6.40. The second-order valence-corrected chi connectivity index (χ2v) is 4.90. The van der Waals surface area contributed by atoms with Crippen molar-refractivity contribution in [1.82, 2.24) is 4.90 Å². The summed E-state index contributed by atoms with van der Waals surface area (Å²) < 4.78 is 10.9. The third kappa shape index (κ3) is 2.43. The molecule has 0 aliphatic carbocycles. The van der Waals surface area contributed by atoms with Crippen molar-refractivity contribution in [2.24, 2.45) is 5.16 Å². The number of oxime groups is 1.